The van der Waals surface area contributed by atoms with Crippen molar-refractivity contribution in [3.8, 4) is 0 Å². The molecule has 0 bridgehead atoms. The van der Waals surface area contributed by atoms with Crippen LogP contribution in [-0.4, -0.2) is 46.0 Å². The van der Waals surface area contributed by atoms with Crippen LogP contribution in [0.4, 0.5) is 5.13 Å². The van der Waals surface area contributed by atoms with Crippen LogP contribution in [0.15, 0.2) is 16.4 Å². The molecular formula is C17H21N5OS2. The predicted molar refractivity (Wildman–Crippen MR) is 104 cm³/mol. The van der Waals surface area contributed by atoms with Gasteiger partial charge < -0.3 is 9.88 Å². The van der Waals surface area contributed by atoms with Gasteiger partial charge >= 0.3 is 0 Å². The first-order valence-corrected chi connectivity index (χ1v) is 10.1. The van der Waals surface area contributed by atoms with Gasteiger partial charge in [0.1, 0.15) is 10.7 Å². The zero-order chi connectivity index (χ0) is 17.6. The molecule has 1 atom stereocenters. The van der Waals surface area contributed by atoms with E-state index in [9.17, 15) is 4.79 Å². The van der Waals surface area contributed by atoms with Gasteiger partial charge in [-0.3, -0.25) is 9.69 Å². The minimum absolute atomic E-state index is 0.0184. The topological polar surface area (TPSA) is 65.1 Å². The second-order valence-corrected chi connectivity index (χ2v) is 8.50. The third-order valence-electron chi connectivity index (χ3n) is 5.00. The van der Waals surface area contributed by atoms with Gasteiger partial charge in [0.2, 0.25) is 0 Å². The van der Waals surface area contributed by atoms with Crippen LogP contribution in [0.2, 0.25) is 0 Å². The van der Waals surface area contributed by atoms with Crippen LogP contribution in [0.1, 0.15) is 29.2 Å². The number of nitrogens with zero attached hydrogens (tertiary/aromatic N) is 4. The Hall–Kier alpha value is -1.77. The largest absolute Gasteiger partial charge is 0.346 e. The minimum Gasteiger partial charge on any atom is -0.346 e. The van der Waals surface area contributed by atoms with E-state index < -0.39 is 0 Å². The fraction of sp³-hybridized carbons (Fsp3) is 0.471. The van der Waals surface area contributed by atoms with Gasteiger partial charge in [0.25, 0.3) is 5.56 Å². The number of aromatic nitrogens is 3. The van der Waals surface area contributed by atoms with E-state index in [4.69, 9.17) is 4.98 Å². The number of hydrogen-bond acceptors (Lipinski definition) is 7. The summed E-state index contributed by atoms with van der Waals surface area (Å²) in [7, 11) is 0. The number of piperazine rings is 1. The van der Waals surface area contributed by atoms with E-state index in [1.165, 1.54) is 0 Å². The second kappa shape index (κ2) is 6.51. The van der Waals surface area contributed by atoms with E-state index in [2.05, 4.69) is 26.7 Å². The summed E-state index contributed by atoms with van der Waals surface area (Å²) < 4.78 is 0. The molecule has 1 saturated heterocycles. The molecule has 1 N–H and O–H groups in total. The summed E-state index contributed by atoms with van der Waals surface area (Å²) in [5.74, 6) is 0.765. The summed E-state index contributed by atoms with van der Waals surface area (Å²) >= 11 is 3.29. The molecule has 1 aliphatic heterocycles. The van der Waals surface area contributed by atoms with Crippen LogP contribution < -0.4 is 10.5 Å². The zero-order valence-corrected chi connectivity index (χ0v) is 16.2. The minimum atomic E-state index is -0.0184. The van der Waals surface area contributed by atoms with Crippen LogP contribution in [0.25, 0.3) is 10.2 Å². The molecule has 25 heavy (non-hydrogen) atoms. The number of thiophene rings is 1. The van der Waals surface area contributed by atoms with Gasteiger partial charge in [-0.1, -0.05) is 0 Å². The summed E-state index contributed by atoms with van der Waals surface area (Å²) in [6, 6.07) is 0.0956. The highest BCUT2D eigenvalue weighted by molar-refractivity contribution is 7.18. The van der Waals surface area contributed by atoms with Crippen LogP contribution in [0.3, 0.4) is 0 Å². The summed E-state index contributed by atoms with van der Waals surface area (Å²) in [5, 5.41) is 3.84. The molecule has 1 aliphatic rings. The Kier molecular flexibility index (Phi) is 4.35. The van der Waals surface area contributed by atoms with Crippen LogP contribution in [0, 0.1) is 13.8 Å². The molecule has 8 heteroatoms. The SMILES string of the molecule is Cc1sc2nc(C(C)N3CCN(c4nccs4)CC3)[nH]c(=O)c2c1C. The molecular weight excluding hydrogens is 354 g/mol. The third-order valence-corrected chi connectivity index (χ3v) is 6.94. The van der Waals surface area contributed by atoms with Crippen LogP contribution >= 0.6 is 22.7 Å². The standard InChI is InChI=1S/C17H21N5OS2/c1-10-12(3)25-16-13(10)15(23)19-14(20-16)11(2)21-5-7-22(8-6-21)17-18-4-9-24-17/h4,9,11H,5-8H2,1-3H3,(H,19,20,23). The Bertz CT molecular complexity index is 938. The van der Waals surface area contributed by atoms with Gasteiger partial charge in [-0.05, 0) is 26.3 Å². The van der Waals surface area contributed by atoms with Crippen molar-refractivity contribution < 1.29 is 0 Å². The van der Waals surface area contributed by atoms with E-state index in [-0.39, 0.29) is 11.6 Å². The number of fused-ring (bicyclic) bond motifs is 1. The first kappa shape index (κ1) is 16.7. The summed E-state index contributed by atoms with van der Waals surface area (Å²) in [5.41, 5.74) is 1.03. The lowest BCUT2D eigenvalue weighted by atomic mass is 10.2. The molecule has 132 valence electrons. The number of hydrogen-bond donors (Lipinski definition) is 1. The molecule has 0 amide bonds. The van der Waals surface area contributed by atoms with Crippen molar-refractivity contribution in [3.05, 3.63) is 38.2 Å². The molecule has 4 heterocycles. The fourth-order valence-corrected chi connectivity index (χ4v) is 5.05. The maximum atomic E-state index is 12.5. The molecule has 4 rings (SSSR count). The van der Waals surface area contributed by atoms with Crippen molar-refractivity contribution in [1.82, 2.24) is 19.9 Å². The maximum Gasteiger partial charge on any atom is 0.259 e. The van der Waals surface area contributed by atoms with Gasteiger partial charge in [0, 0.05) is 42.6 Å². The molecule has 3 aromatic heterocycles. The van der Waals surface area contributed by atoms with Crippen LogP contribution in [-0.2, 0) is 0 Å². The number of thiazole rings is 1. The molecule has 1 fully saturated rings. The Morgan fingerprint density at radius 3 is 2.68 bits per heavy atom. The Balaban J connectivity index is 1.54. The second-order valence-electron chi connectivity index (χ2n) is 6.43. The Morgan fingerprint density at radius 2 is 2.00 bits per heavy atom. The molecule has 0 radical (unpaired) electrons. The number of rotatable bonds is 3. The van der Waals surface area contributed by atoms with Crippen molar-refractivity contribution in [2.75, 3.05) is 31.1 Å². The van der Waals surface area contributed by atoms with Crippen LogP contribution in [0.5, 0.6) is 0 Å². The van der Waals surface area contributed by atoms with Gasteiger partial charge in [0.15, 0.2) is 5.13 Å². The number of aryl methyl sites for hydroxylation is 2. The molecule has 0 saturated carbocycles. The van der Waals surface area contributed by atoms with Crippen molar-refractivity contribution in [3.63, 3.8) is 0 Å². The fourth-order valence-electron chi connectivity index (χ4n) is 3.31. The summed E-state index contributed by atoms with van der Waals surface area (Å²) in [4.78, 5) is 31.4. The first-order valence-electron chi connectivity index (χ1n) is 8.43. The first-order chi connectivity index (χ1) is 12.0. The van der Waals surface area contributed by atoms with E-state index in [0.29, 0.717) is 0 Å². The van der Waals surface area contributed by atoms with Gasteiger partial charge in [0.05, 0.1) is 11.4 Å². The zero-order valence-electron chi connectivity index (χ0n) is 14.6. The lowest BCUT2D eigenvalue weighted by Crippen LogP contribution is -2.47. The van der Waals surface area contributed by atoms with Gasteiger partial charge in [-0.15, -0.1) is 22.7 Å². The van der Waals surface area contributed by atoms with Gasteiger partial charge in [-0.2, -0.15) is 0 Å². The molecule has 0 aliphatic carbocycles. The van der Waals surface area contributed by atoms with Crippen molar-refractivity contribution >= 4 is 38.0 Å². The number of nitrogens with one attached hydrogen (secondary N) is 1. The van der Waals surface area contributed by atoms with Crippen molar-refractivity contribution in [1.29, 1.82) is 0 Å². The number of H-pyrrole nitrogens is 1. The summed E-state index contributed by atoms with van der Waals surface area (Å²) in [6.07, 6.45) is 1.85. The third kappa shape index (κ3) is 2.98. The average Bonchev–Trinajstić information content (AvgIpc) is 3.23. The van der Waals surface area contributed by atoms with Gasteiger partial charge in [-0.25, -0.2) is 9.97 Å². The molecule has 0 spiro atoms. The maximum absolute atomic E-state index is 12.5. The lowest BCUT2D eigenvalue weighted by molar-refractivity contribution is 0.192. The van der Waals surface area contributed by atoms with Crippen molar-refractivity contribution in [2.24, 2.45) is 0 Å². The van der Waals surface area contributed by atoms with E-state index in [1.54, 1.807) is 22.7 Å². The van der Waals surface area contributed by atoms with E-state index >= 15 is 0 Å². The monoisotopic (exact) mass is 375 g/mol. The van der Waals surface area contributed by atoms with E-state index in [0.717, 1.165) is 57.8 Å². The lowest BCUT2D eigenvalue weighted by Gasteiger charge is -2.37. The molecule has 6 nitrogen and oxygen atoms in total. The number of anilines is 1. The highest BCUT2D eigenvalue weighted by Gasteiger charge is 2.25. The predicted octanol–water partition coefficient (Wildman–Crippen LogP) is 2.94. The van der Waals surface area contributed by atoms with E-state index in [1.807, 2.05) is 25.4 Å². The highest BCUT2D eigenvalue weighted by Crippen LogP contribution is 2.28. The number of aromatic amines is 1. The molecule has 1 unspecified atom stereocenters. The highest BCUT2D eigenvalue weighted by atomic mass is 32.1. The average molecular weight is 376 g/mol. The molecule has 0 aromatic carbocycles. The molecule has 3 aromatic rings. The van der Waals surface area contributed by atoms with Crippen molar-refractivity contribution in [2.45, 2.75) is 26.8 Å². The Morgan fingerprint density at radius 1 is 1.24 bits per heavy atom. The smallest absolute Gasteiger partial charge is 0.259 e. The Labute approximate surface area is 154 Å². The quantitative estimate of drug-likeness (QED) is 0.762. The summed E-state index contributed by atoms with van der Waals surface area (Å²) in [6.45, 7) is 9.92. The normalized spacial score (nSPS) is 17.3.